The lowest BCUT2D eigenvalue weighted by molar-refractivity contribution is -0.138. The molecule has 1 fully saturated rings. The van der Waals surface area contributed by atoms with Crippen molar-refractivity contribution in [2.24, 2.45) is 28.6 Å². The third kappa shape index (κ3) is 5.35. The highest BCUT2D eigenvalue weighted by atomic mass is 28.4. The Bertz CT molecular complexity index is 446. The van der Waals surface area contributed by atoms with Crippen LogP contribution < -0.4 is 0 Å². The van der Waals surface area contributed by atoms with Gasteiger partial charge in [0.05, 0.1) is 0 Å². The molecule has 1 aliphatic carbocycles. The van der Waals surface area contributed by atoms with E-state index in [1.807, 2.05) is 0 Å². The maximum absolute atomic E-state index is 11.3. The van der Waals surface area contributed by atoms with E-state index in [4.69, 9.17) is 4.43 Å². The Morgan fingerprint density at radius 2 is 1.65 bits per heavy atom. The molecule has 0 aromatic carbocycles. The number of aliphatic hydroxyl groups excluding tert-OH is 1. The van der Waals surface area contributed by atoms with Crippen molar-refractivity contribution >= 4 is 8.32 Å². The van der Waals surface area contributed by atoms with Crippen molar-refractivity contribution in [2.75, 3.05) is 0 Å². The lowest BCUT2D eigenvalue weighted by atomic mass is 9.54. The molecular formula is C23H48O2Si. The van der Waals surface area contributed by atoms with Gasteiger partial charge >= 0.3 is 0 Å². The minimum atomic E-state index is -1.98. The Morgan fingerprint density at radius 3 is 2.08 bits per heavy atom. The van der Waals surface area contributed by atoms with E-state index in [9.17, 15) is 5.11 Å². The fourth-order valence-electron chi connectivity index (χ4n) is 4.41. The van der Waals surface area contributed by atoms with Gasteiger partial charge in [0.1, 0.15) is 6.29 Å². The summed E-state index contributed by atoms with van der Waals surface area (Å²) in [5.74, 6) is 1.49. The van der Waals surface area contributed by atoms with Crippen LogP contribution in [0.1, 0.15) is 94.4 Å². The molecule has 0 aliphatic heterocycles. The molecule has 1 saturated carbocycles. The number of hydrogen-bond donors (Lipinski definition) is 1. The first-order valence-corrected chi connectivity index (χ1v) is 13.8. The quantitative estimate of drug-likeness (QED) is 0.386. The van der Waals surface area contributed by atoms with Crippen molar-refractivity contribution in [3.63, 3.8) is 0 Å². The van der Waals surface area contributed by atoms with Gasteiger partial charge in [-0.15, -0.1) is 0 Å². The van der Waals surface area contributed by atoms with Crippen LogP contribution in [0, 0.1) is 28.6 Å². The first kappa shape index (κ1) is 24.2. The number of hydrogen-bond acceptors (Lipinski definition) is 2. The van der Waals surface area contributed by atoms with E-state index in [0.717, 1.165) is 6.42 Å². The van der Waals surface area contributed by atoms with Crippen LogP contribution in [0.4, 0.5) is 0 Å². The highest BCUT2D eigenvalue weighted by Crippen LogP contribution is 2.55. The van der Waals surface area contributed by atoms with Gasteiger partial charge in [-0.2, -0.15) is 0 Å². The van der Waals surface area contributed by atoms with Gasteiger partial charge < -0.3 is 9.53 Å². The normalized spacial score (nSPS) is 30.9. The zero-order valence-electron chi connectivity index (χ0n) is 19.7. The van der Waals surface area contributed by atoms with Crippen LogP contribution in [0.2, 0.25) is 18.1 Å². The summed E-state index contributed by atoms with van der Waals surface area (Å²) < 4.78 is 6.50. The Kier molecular flexibility index (Phi) is 7.67. The van der Waals surface area contributed by atoms with Gasteiger partial charge in [-0.25, -0.2) is 0 Å². The van der Waals surface area contributed by atoms with Crippen LogP contribution in [0.15, 0.2) is 0 Å². The van der Waals surface area contributed by atoms with E-state index in [1.54, 1.807) is 0 Å². The van der Waals surface area contributed by atoms with Crippen LogP contribution in [0.5, 0.6) is 0 Å². The molecule has 156 valence electrons. The second-order valence-corrected chi connectivity index (χ2v) is 16.7. The third-order valence-corrected chi connectivity index (χ3v) is 12.6. The Hall–Kier alpha value is 0.137. The van der Waals surface area contributed by atoms with Crippen molar-refractivity contribution in [3.8, 4) is 0 Å². The van der Waals surface area contributed by atoms with Crippen LogP contribution >= 0.6 is 0 Å². The van der Waals surface area contributed by atoms with Crippen molar-refractivity contribution in [1.29, 1.82) is 0 Å². The Balaban J connectivity index is 3.10. The summed E-state index contributed by atoms with van der Waals surface area (Å²) in [6, 6.07) is 0. The summed E-state index contributed by atoms with van der Waals surface area (Å²) in [7, 11) is -1.98. The minimum Gasteiger partial charge on any atom is -0.392 e. The molecule has 0 bridgehead atoms. The van der Waals surface area contributed by atoms with E-state index in [0.29, 0.717) is 11.8 Å². The molecule has 1 N–H and O–H groups in total. The van der Waals surface area contributed by atoms with Crippen molar-refractivity contribution in [2.45, 2.75) is 119 Å². The molecule has 0 radical (unpaired) electrons. The molecule has 0 saturated heterocycles. The molecule has 0 heterocycles. The lowest BCUT2D eigenvalue weighted by Crippen LogP contribution is -2.51. The molecule has 0 spiro atoms. The Morgan fingerprint density at radius 1 is 1.12 bits per heavy atom. The van der Waals surface area contributed by atoms with E-state index < -0.39 is 14.6 Å². The maximum Gasteiger partial charge on any atom is 0.195 e. The second kappa shape index (κ2) is 8.25. The zero-order valence-corrected chi connectivity index (χ0v) is 20.7. The molecular weight excluding hydrogens is 336 g/mol. The molecule has 0 aromatic heterocycles. The summed E-state index contributed by atoms with van der Waals surface area (Å²) in [6.07, 6.45) is 5.41. The van der Waals surface area contributed by atoms with E-state index in [1.165, 1.54) is 25.7 Å². The standard InChI is InChI=1S/C23H48O2Si/c1-12-13-17(2)18-14-15-23(9,21(3,4)5)16-19(18)20(24)25-26(10,11)22(6,7)8/h17-20,24H,12-16H2,1-11H3/t17?,18-,19+,20?,23+/m1/s1. The van der Waals surface area contributed by atoms with E-state index in [2.05, 4.69) is 75.4 Å². The van der Waals surface area contributed by atoms with Crippen LogP contribution in [0.3, 0.4) is 0 Å². The SMILES string of the molecule is CCCC(C)[C@H]1CC[C@](C)(C(C)(C)C)C[C@@H]1C(O)O[Si](C)(C)C(C)(C)C. The second-order valence-electron chi connectivity index (χ2n) is 11.9. The van der Waals surface area contributed by atoms with E-state index >= 15 is 0 Å². The monoisotopic (exact) mass is 384 g/mol. The lowest BCUT2D eigenvalue weighted by Gasteiger charge is -2.53. The highest BCUT2D eigenvalue weighted by molar-refractivity contribution is 6.74. The van der Waals surface area contributed by atoms with Crippen molar-refractivity contribution in [1.82, 2.24) is 0 Å². The molecule has 26 heavy (non-hydrogen) atoms. The minimum absolute atomic E-state index is 0.126. The highest BCUT2D eigenvalue weighted by Gasteiger charge is 2.49. The average molecular weight is 385 g/mol. The smallest absolute Gasteiger partial charge is 0.195 e. The summed E-state index contributed by atoms with van der Waals surface area (Å²) in [5, 5.41) is 11.4. The van der Waals surface area contributed by atoms with Crippen molar-refractivity contribution < 1.29 is 9.53 Å². The fourth-order valence-corrected chi connectivity index (χ4v) is 5.54. The van der Waals surface area contributed by atoms with E-state index in [-0.39, 0.29) is 21.8 Å². The van der Waals surface area contributed by atoms with Crippen molar-refractivity contribution in [3.05, 3.63) is 0 Å². The zero-order chi connectivity index (χ0) is 20.6. The molecule has 0 amide bonds. The first-order chi connectivity index (χ1) is 11.6. The summed E-state index contributed by atoms with van der Waals surface area (Å²) >= 11 is 0. The molecule has 5 atom stereocenters. The molecule has 0 aromatic rings. The van der Waals surface area contributed by atoms with Gasteiger partial charge in [-0.3, -0.25) is 0 Å². The summed E-state index contributed by atoms with van der Waals surface area (Å²) in [6.45, 7) is 25.5. The van der Waals surface area contributed by atoms with Crippen LogP contribution in [-0.2, 0) is 4.43 Å². The predicted octanol–water partition coefficient (Wildman–Crippen LogP) is 7.23. The maximum atomic E-state index is 11.3. The first-order valence-electron chi connectivity index (χ1n) is 10.9. The number of rotatable bonds is 6. The van der Waals surface area contributed by atoms with Gasteiger partial charge in [0.25, 0.3) is 0 Å². The average Bonchev–Trinajstić information content (AvgIpc) is 2.44. The van der Waals surface area contributed by atoms with Gasteiger partial charge in [-0.1, -0.05) is 75.2 Å². The molecule has 2 unspecified atom stereocenters. The van der Waals surface area contributed by atoms with Gasteiger partial charge in [0.15, 0.2) is 8.32 Å². The predicted molar refractivity (Wildman–Crippen MR) is 117 cm³/mol. The molecule has 1 rings (SSSR count). The summed E-state index contributed by atoms with van der Waals surface area (Å²) in [5.41, 5.74) is 0.513. The molecule has 2 nitrogen and oxygen atoms in total. The molecule has 1 aliphatic rings. The van der Waals surface area contributed by atoms with Crippen LogP contribution in [0.25, 0.3) is 0 Å². The molecule has 3 heteroatoms. The fraction of sp³-hybridized carbons (Fsp3) is 1.00. The van der Waals surface area contributed by atoms with Crippen LogP contribution in [-0.4, -0.2) is 19.7 Å². The third-order valence-electron chi connectivity index (χ3n) is 8.14. The topological polar surface area (TPSA) is 29.5 Å². The van der Waals surface area contributed by atoms with Gasteiger partial charge in [-0.05, 0) is 60.1 Å². The van der Waals surface area contributed by atoms with Gasteiger partial charge in [0, 0.05) is 5.92 Å². The Labute approximate surface area is 165 Å². The summed E-state index contributed by atoms with van der Waals surface area (Å²) in [4.78, 5) is 0. The number of aliphatic hydroxyl groups is 1. The van der Waals surface area contributed by atoms with Gasteiger partial charge in [0.2, 0.25) is 0 Å². The largest absolute Gasteiger partial charge is 0.392 e.